The minimum Gasteiger partial charge on any atom is -0.465 e. The lowest BCUT2D eigenvalue weighted by atomic mass is 9.79. The molecule has 0 aromatic heterocycles. The number of hydrogen-bond acceptors (Lipinski definition) is 5. The largest absolute Gasteiger partial charge is 0.465 e. The summed E-state index contributed by atoms with van der Waals surface area (Å²) in [5, 5.41) is 3.75. The van der Waals surface area contributed by atoms with Crippen LogP contribution in [0.5, 0.6) is 0 Å². The van der Waals surface area contributed by atoms with Crippen LogP contribution >= 0.6 is 0 Å². The third-order valence-electron chi connectivity index (χ3n) is 7.76. The van der Waals surface area contributed by atoms with Gasteiger partial charge in [-0.25, -0.2) is 8.42 Å². The van der Waals surface area contributed by atoms with Gasteiger partial charge in [-0.15, -0.1) is 0 Å². The van der Waals surface area contributed by atoms with Crippen molar-refractivity contribution in [3.05, 3.63) is 95.6 Å². The van der Waals surface area contributed by atoms with E-state index < -0.39 is 29.7 Å². The van der Waals surface area contributed by atoms with Gasteiger partial charge in [0, 0.05) is 20.7 Å². The van der Waals surface area contributed by atoms with Crippen molar-refractivity contribution in [1.82, 2.24) is 9.62 Å². The maximum atomic E-state index is 13.5. The van der Waals surface area contributed by atoms with Crippen LogP contribution in [0.1, 0.15) is 30.0 Å². The number of ether oxygens (including phenoxy) is 1. The van der Waals surface area contributed by atoms with Crippen molar-refractivity contribution in [3.8, 4) is 11.1 Å². The summed E-state index contributed by atoms with van der Waals surface area (Å²) < 4.78 is 33.3. The van der Waals surface area contributed by atoms with Crippen molar-refractivity contribution in [2.45, 2.75) is 56.7 Å². The minimum atomic E-state index is -3.36. The molecule has 1 aliphatic heterocycles. The lowest BCUT2D eigenvalue weighted by molar-refractivity contribution is -0.146. The van der Waals surface area contributed by atoms with Crippen molar-refractivity contribution in [1.29, 1.82) is 0 Å². The zero-order valence-electron chi connectivity index (χ0n) is 23.2. The third-order valence-corrected chi connectivity index (χ3v) is 11.8. The normalized spacial score (nSPS) is 20.1. The number of esters is 1. The van der Waals surface area contributed by atoms with E-state index in [1.807, 2.05) is 42.5 Å². The monoisotopic (exact) mass is 562 g/mol. The Morgan fingerprint density at radius 1 is 0.974 bits per heavy atom. The highest BCUT2D eigenvalue weighted by molar-refractivity contribution is 7.89. The summed E-state index contributed by atoms with van der Waals surface area (Å²) in [5.74, 6) is -0.188. The Bertz CT molecular complexity index is 1410. The van der Waals surface area contributed by atoms with Gasteiger partial charge in [-0.1, -0.05) is 98.5 Å². The SMILES string of the molecule is CCOC(=O)[C@H](CC1CN1S(=O)(=O)CC[Si](C)(C)C)NC1(c2ccccc2)c2ccccc2-c2ccccc21. The van der Waals surface area contributed by atoms with Crippen LogP contribution in [0.15, 0.2) is 78.9 Å². The van der Waals surface area contributed by atoms with Crippen LogP contribution in [0.3, 0.4) is 0 Å². The number of benzene rings is 3. The predicted molar refractivity (Wildman–Crippen MR) is 159 cm³/mol. The summed E-state index contributed by atoms with van der Waals surface area (Å²) in [5.41, 5.74) is 4.61. The van der Waals surface area contributed by atoms with Gasteiger partial charge in [0.25, 0.3) is 0 Å². The number of rotatable bonds is 11. The molecule has 0 spiro atoms. The first-order chi connectivity index (χ1) is 18.6. The molecule has 1 aliphatic carbocycles. The summed E-state index contributed by atoms with van der Waals surface area (Å²) in [6, 6.07) is 26.5. The molecular formula is C31H38N2O4SSi. The lowest BCUT2D eigenvalue weighted by Gasteiger charge is -2.37. The number of carbonyl (C=O) groups excluding carboxylic acids is 1. The van der Waals surface area contributed by atoms with Crippen LogP contribution in [0.25, 0.3) is 11.1 Å². The first-order valence-electron chi connectivity index (χ1n) is 13.8. The summed E-state index contributed by atoms with van der Waals surface area (Å²) in [7, 11) is -4.86. The molecule has 0 amide bonds. The number of sulfonamides is 1. The molecule has 1 fully saturated rings. The molecule has 3 aromatic rings. The van der Waals surface area contributed by atoms with Gasteiger partial charge in [-0.3, -0.25) is 10.1 Å². The molecule has 8 heteroatoms. The highest BCUT2D eigenvalue weighted by Crippen LogP contribution is 2.51. The van der Waals surface area contributed by atoms with E-state index >= 15 is 0 Å². The Kier molecular flexibility index (Phi) is 7.58. The number of fused-ring (bicyclic) bond motifs is 3. The van der Waals surface area contributed by atoms with Gasteiger partial charge in [0.05, 0.1) is 17.9 Å². The standard InChI is InChI=1S/C31H38N2O4SSi/c1-5-37-30(34)29(21-24-22-33(24)38(35,36)19-20-39(2,3)4)32-31(23-13-7-6-8-14-23)27-17-11-9-15-25(27)26-16-10-12-18-28(26)31/h6-18,24,29,32H,5,19-22H2,1-4H3/t24?,29-,33?/m0/s1. The Labute approximate surface area is 233 Å². The van der Waals surface area contributed by atoms with E-state index in [1.54, 1.807) is 11.2 Å². The summed E-state index contributed by atoms with van der Waals surface area (Å²) in [6.45, 7) is 9.05. The first-order valence-corrected chi connectivity index (χ1v) is 19.1. The molecule has 1 saturated heterocycles. The lowest BCUT2D eigenvalue weighted by Crippen LogP contribution is -2.52. The fourth-order valence-corrected chi connectivity index (χ4v) is 10.4. The fourth-order valence-electron chi connectivity index (χ4n) is 5.71. The number of nitrogens with zero attached hydrogens (tertiary/aromatic N) is 1. The van der Waals surface area contributed by atoms with E-state index in [2.05, 4.69) is 61.4 Å². The van der Waals surface area contributed by atoms with Crippen LogP contribution in [-0.2, 0) is 25.1 Å². The molecule has 0 bridgehead atoms. The highest BCUT2D eigenvalue weighted by atomic mass is 32.2. The Hall–Kier alpha value is -2.78. The second kappa shape index (κ2) is 10.7. The number of carbonyl (C=O) groups is 1. The minimum absolute atomic E-state index is 0.172. The number of hydrogen-bond donors (Lipinski definition) is 1. The van der Waals surface area contributed by atoms with Gasteiger partial charge in [0.1, 0.15) is 6.04 Å². The van der Waals surface area contributed by atoms with E-state index in [0.29, 0.717) is 13.0 Å². The Morgan fingerprint density at radius 2 is 1.54 bits per heavy atom. The maximum Gasteiger partial charge on any atom is 0.323 e. The van der Waals surface area contributed by atoms with E-state index in [0.717, 1.165) is 33.9 Å². The molecule has 0 radical (unpaired) electrons. The summed E-state index contributed by atoms with van der Waals surface area (Å²) in [6.07, 6.45) is 0.351. The van der Waals surface area contributed by atoms with Crippen LogP contribution in [0.4, 0.5) is 0 Å². The second-order valence-corrected chi connectivity index (χ2v) is 19.4. The van der Waals surface area contributed by atoms with Gasteiger partial charge in [-0.05, 0) is 47.2 Å². The van der Waals surface area contributed by atoms with Crippen LogP contribution in [0.2, 0.25) is 25.7 Å². The first kappa shape index (κ1) is 27.8. The summed E-state index contributed by atoms with van der Waals surface area (Å²) >= 11 is 0. The molecule has 0 saturated carbocycles. The van der Waals surface area contributed by atoms with Crippen LogP contribution < -0.4 is 5.32 Å². The maximum absolute atomic E-state index is 13.5. The molecule has 1 N–H and O–H groups in total. The smallest absolute Gasteiger partial charge is 0.323 e. The van der Waals surface area contributed by atoms with E-state index in [1.165, 1.54) is 0 Å². The van der Waals surface area contributed by atoms with Crippen molar-refractivity contribution < 1.29 is 17.9 Å². The fraction of sp³-hybridized carbons (Fsp3) is 0.387. The van der Waals surface area contributed by atoms with E-state index in [-0.39, 0.29) is 24.4 Å². The summed E-state index contributed by atoms with van der Waals surface area (Å²) in [4.78, 5) is 13.5. The van der Waals surface area contributed by atoms with Gasteiger partial charge < -0.3 is 4.74 Å². The average Bonchev–Trinajstić information content (AvgIpc) is 3.65. The zero-order valence-corrected chi connectivity index (χ0v) is 25.0. The average molecular weight is 563 g/mol. The van der Waals surface area contributed by atoms with E-state index in [4.69, 9.17) is 4.74 Å². The van der Waals surface area contributed by atoms with Gasteiger partial charge in [0.15, 0.2) is 0 Å². The quantitative estimate of drug-likeness (QED) is 0.197. The number of nitrogens with one attached hydrogen (secondary N) is 1. The molecule has 1 heterocycles. The molecular weight excluding hydrogens is 525 g/mol. The Balaban J connectivity index is 1.52. The highest BCUT2D eigenvalue weighted by Gasteiger charge is 2.50. The topological polar surface area (TPSA) is 75.5 Å². The second-order valence-electron chi connectivity index (χ2n) is 11.7. The predicted octanol–water partition coefficient (Wildman–Crippen LogP) is 5.22. The molecule has 6 nitrogen and oxygen atoms in total. The molecule has 2 unspecified atom stereocenters. The van der Waals surface area contributed by atoms with E-state index in [9.17, 15) is 13.2 Å². The molecule has 206 valence electrons. The van der Waals surface area contributed by atoms with Gasteiger partial charge >= 0.3 is 5.97 Å². The van der Waals surface area contributed by atoms with Crippen molar-refractivity contribution in [2.24, 2.45) is 0 Å². The zero-order chi connectivity index (χ0) is 27.8. The van der Waals surface area contributed by atoms with Gasteiger partial charge in [-0.2, -0.15) is 4.31 Å². The van der Waals surface area contributed by atoms with Crippen molar-refractivity contribution >= 4 is 24.1 Å². The molecule has 3 aromatic carbocycles. The molecule has 3 atom stereocenters. The van der Waals surface area contributed by atoms with Crippen molar-refractivity contribution in [3.63, 3.8) is 0 Å². The molecule has 39 heavy (non-hydrogen) atoms. The van der Waals surface area contributed by atoms with Crippen molar-refractivity contribution in [2.75, 3.05) is 18.9 Å². The van der Waals surface area contributed by atoms with Crippen LogP contribution in [0, 0.1) is 0 Å². The molecule has 5 rings (SSSR count). The molecule has 2 aliphatic rings. The van der Waals surface area contributed by atoms with Crippen LogP contribution in [-0.4, -0.2) is 57.8 Å². The Morgan fingerprint density at radius 3 is 2.10 bits per heavy atom. The third kappa shape index (κ3) is 5.48. The van der Waals surface area contributed by atoms with Gasteiger partial charge in [0.2, 0.25) is 10.0 Å².